The maximum atomic E-state index is 14.7. The molecule has 1 saturated carbocycles. The molecule has 1 aromatic heterocycles. The van der Waals surface area contributed by atoms with Crippen LogP contribution >= 0.6 is 12.6 Å². The Kier molecular flexibility index (Phi) is 8.10. The van der Waals surface area contributed by atoms with Crippen molar-refractivity contribution in [2.75, 3.05) is 19.7 Å². The molecule has 1 aromatic carbocycles. The number of esters is 1. The molecule has 2 unspecified atom stereocenters. The molecule has 182 valence electrons. The standard InChI is InChI=1S/C24H30FN5O3S/c1-2-33-22(31)8-5-12-30-21(26-27-28-30)14-17-15-29(13-11-20(17)34)23(24(32)16-9-10-16)18-6-3-4-7-19(18)25/h3-4,6-7,14,16,20,23,34H,2,5,8-13,15H2,1H3/b17-14+. The Hall–Kier alpha value is -2.59. The highest BCUT2D eigenvalue weighted by molar-refractivity contribution is 7.81. The molecule has 2 heterocycles. The lowest BCUT2D eigenvalue weighted by Gasteiger charge is -2.37. The molecule has 0 N–H and O–H groups in total. The van der Waals surface area contributed by atoms with Gasteiger partial charge in [-0.3, -0.25) is 14.5 Å². The van der Waals surface area contributed by atoms with Crippen molar-refractivity contribution in [3.8, 4) is 0 Å². The van der Waals surface area contributed by atoms with Crippen LogP contribution in [0.15, 0.2) is 29.8 Å². The molecular weight excluding hydrogens is 457 g/mol. The summed E-state index contributed by atoms with van der Waals surface area (Å²) in [7, 11) is 0. The van der Waals surface area contributed by atoms with E-state index < -0.39 is 6.04 Å². The molecule has 2 aromatic rings. The topological polar surface area (TPSA) is 90.2 Å². The van der Waals surface area contributed by atoms with Crippen LogP contribution in [0.4, 0.5) is 4.39 Å². The van der Waals surface area contributed by atoms with Crippen LogP contribution in [0.5, 0.6) is 0 Å². The number of piperidine rings is 1. The Bertz CT molecular complexity index is 1050. The Morgan fingerprint density at radius 3 is 2.82 bits per heavy atom. The van der Waals surface area contributed by atoms with Crippen molar-refractivity contribution in [3.05, 3.63) is 47.0 Å². The number of hydrogen-bond acceptors (Lipinski definition) is 8. The van der Waals surface area contributed by atoms with Gasteiger partial charge < -0.3 is 4.74 Å². The fourth-order valence-corrected chi connectivity index (χ4v) is 4.59. The summed E-state index contributed by atoms with van der Waals surface area (Å²) in [4.78, 5) is 26.9. The maximum absolute atomic E-state index is 14.7. The molecule has 2 atom stereocenters. The monoisotopic (exact) mass is 487 g/mol. The van der Waals surface area contributed by atoms with E-state index in [9.17, 15) is 14.0 Å². The minimum Gasteiger partial charge on any atom is -0.466 e. The number of carbonyl (C=O) groups is 2. The van der Waals surface area contributed by atoms with Crippen LogP contribution in [0, 0.1) is 11.7 Å². The van der Waals surface area contributed by atoms with Crippen molar-refractivity contribution in [2.45, 2.75) is 56.9 Å². The van der Waals surface area contributed by atoms with Crippen LogP contribution in [0.25, 0.3) is 6.08 Å². The molecule has 2 fully saturated rings. The van der Waals surface area contributed by atoms with E-state index in [1.165, 1.54) is 6.07 Å². The second kappa shape index (κ2) is 11.2. The summed E-state index contributed by atoms with van der Waals surface area (Å²) >= 11 is 4.75. The van der Waals surface area contributed by atoms with Gasteiger partial charge >= 0.3 is 5.97 Å². The number of benzene rings is 1. The quantitative estimate of drug-likeness (QED) is 0.406. The minimum atomic E-state index is -0.612. The third-order valence-electron chi connectivity index (χ3n) is 6.25. The maximum Gasteiger partial charge on any atom is 0.305 e. The largest absolute Gasteiger partial charge is 0.466 e. The Balaban J connectivity index is 1.52. The van der Waals surface area contributed by atoms with E-state index in [0.717, 1.165) is 24.8 Å². The first-order valence-electron chi connectivity index (χ1n) is 11.8. The summed E-state index contributed by atoms with van der Waals surface area (Å²) in [5, 5.41) is 11.9. The van der Waals surface area contributed by atoms with Gasteiger partial charge in [0.05, 0.1) is 12.6 Å². The third-order valence-corrected chi connectivity index (χ3v) is 6.84. The zero-order valence-corrected chi connectivity index (χ0v) is 20.2. The SMILES string of the molecule is CCOC(=O)CCCn1nnnc1/C=C1\CN(C(C(=O)C2CC2)c2ccccc2F)CCC1S. The van der Waals surface area contributed by atoms with E-state index in [0.29, 0.717) is 50.5 Å². The number of tetrazole rings is 1. The number of halogens is 1. The average Bonchev–Trinajstić information content (AvgIpc) is 3.58. The Labute approximate surface area is 203 Å². The lowest BCUT2D eigenvalue weighted by Crippen LogP contribution is -2.42. The molecule has 0 spiro atoms. The number of thiol groups is 1. The first-order chi connectivity index (χ1) is 16.5. The molecule has 0 bridgehead atoms. The van der Waals surface area contributed by atoms with Gasteiger partial charge in [-0.25, -0.2) is 9.07 Å². The van der Waals surface area contributed by atoms with Crippen LogP contribution in [-0.2, 0) is 20.9 Å². The lowest BCUT2D eigenvalue weighted by atomic mass is 9.93. The van der Waals surface area contributed by atoms with Crippen LogP contribution in [-0.4, -0.2) is 61.8 Å². The van der Waals surface area contributed by atoms with Gasteiger partial charge in [-0.05, 0) is 60.7 Å². The van der Waals surface area contributed by atoms with Gasteiger partial charge in [0.2, 0.25) is 0 Å². The molecule has 1 aliphatic heterocycles. The first kappa shape index (κ1) is 24.5. The first-order valence-corrected chi connectivity index (χ1v) is 12.3. The zero-order valence-electron chi connectivity index (χ0n) is 19.3. The van der Waals surface area contributed by atoms with Gasteiger partial charge in [0.1, 0.15) is 5.82 Å². The molecule has 10 heteroatoms. The normalized spacial score (nSPS) is 20.9. The van der Waals surface area contributed by atoms with Crippen molar-refractivity contribution in [3.63, 3.8) is 0 Å². The predicted molar refractivity (Wildman–Crippen MR) is 127 cm³/mol. The molecule has 1 saturated heterocycles. The smallest absolute Gasteiger partial charge is 0.305 e. The Morgan fingerprint density at radius 1 is 1.29 bits per heavy atom. The van der Waals surface area contributed by atoms with Crippen molar-refractivity contribution in [1.29, 1.82) is 0 Å². The number of aromatic nitrogens is 4. The lowest BCUT2D eigenvalue weighted by molar-refractivity contribution is -0.143. The molecule has 0 amide bonds. The van der Waals surface area contributed by atoms with E-state index in [2.05, 4.69) is 15.5 Å². The molecule has 0 radical (unpaired) electrons. The van der Waals surface area contributed by atoms with Gasteiger partial charge in [-0.15, -0.1) is 5.10 Å². The minimum absolute atomic E-state index is 0.0115. The van der Waals surface area contributed by atoms with Gasteiger partial charge in [0, 0.05) is 42.8 Å². The van der Waals surface area contributed by atoms with E-state index >= 15 is 0 Å². The number of hydrogen-bond donors (Lipinski definition) is 1. The molecule has 34 heavy (non-hydrogen) atoms. The number of Topliss-reactive ketones (excluding diaryl/α,β-unsaturated/α-hetero) is 1. The van der Waals surface area contributed by atoms with Crippen LogP contribution in [0.1, 0.15) is 56.5 Å². The van der Waals surface area contributed by atoms with Gasteiger partial charge in [0.25, 0.3) is 0 Å². The highest BCUT2D eigenvalue weighted by Crippen LogP contribution is 2.39. The summed E-state index contributed by atoms with van der Waals surface area (Å²) in [6, 6.07) is 5.93. The summed E-state index contributed by atoms with van der Waals surface area (Å²) in [6.45, 7) is 3.73. The third kappa shape index (κ3) is 5.90. The van der Waals surface area contributed by atoms with E-state index in [1.807, 2.05) is 11.0 Å². The van der Waals surface area contributed by atoms with Crippen LogP contribution in [0.3, 0.4) is 0 Å². The summed E-state index contributed by atoms with van der Waals surface area (Å²) in [6.07, 6.45) is 5.21. The molecule has 2 aliphatic rings. The second-order valence-corrected chi connectivity index (χ2v) is 9.39. The van der Waals surface area contributed by atoms with Gasteiger partial charge in [-0.2, -0.15) is 12.6 Å². The number of likely N-dealkylation sites (tertiary alicyclic amines) is 1. The number of ketones is 1. The average molecular weight is 488 g/mol. The second-order valence-electron chi connectivity index (χ2n) is 8.76. The fourth-order valence-electron chi connectivity index (χ4n) is 4.32. The van der Waals surface area contributed by atoms with Gasteiger partial charge in [-0.1, -0.05) is 18.2 Å². The molecule has 8 nitrogen and oxygen atoms in total. The summed E-state index contributed by atoms with van der Waals surface area (Å²) < 4.78 is 21.3. The molecule has 4 rings (SSSR count). The molecule has 1 aliphatic carbocycles. The van der Waals surface area contributed by atoms with Crippen molar-refractivity contribution < 1.29 is 18.7 Å². The molecular formula is C24H30FN5O3S. The van der Waals surface area contributed by atoms with Crippen molar-refractivity contribution >= 4 is 30.5 Å². The Morgan fingerprint density at radius 2 is 2.09 bits per heavy atom. The summed E-state index contributed by atoms with van der Waals surface area (Å²) in [5.41, 5.74) is 1.40. The van der Waals surface area contributed by atoms with Crippen LogP contribution < -0.4 is 0 Å². The summed E-state index contributed by atoms with van der Waals surface area (Å²) in [5.74, 6) is 0.0675. The van der Waals surface area contributed by atoms with E-state index in [1.54, 1.807) is 29.8 Å². The van der Waals surface area contributed by atoms with Gasteiger partial charge in [0.15, 0.2) is 11.6 Å². The number of nitrogens with zero attached hydrogens (tertiary/aromatic N) is 5. The number of rotatable bonds is 10. The van der Waals surface area contributed by atoms with E-state index in [4.69, 9.17) is 17.4 Å². The highest BCUT2D eigenvalue weighted by atomic mass is 32.1. The van der Waals surface area contributed by atoms with Crippen molar-refractivity contribution in [2.24, 2.45) is 5.92 Å². The number of ether oxygens (including phenoxy) is 1. The van der Waals surface area contributed by atoms with Crippen LogP contribution in [0.2, 0.25) is 0 Å². The zero-order chi connectivity index (χ0) is 24.1. The van der Waals surface area contributed by atoms with Crippen molar-refractivity contribution in [1.82, 2.24) is 25.1 Å². The number of aryl methyl sites for hydroxylation is 1. The fraction of sp³-hybridized carbons (Fsp3) is 0.542. The predicted octanol–water partition coefficient (Wildman–Crippen LogP) is 3.26. The van der Waals surface area contributed by atoms with E-state index in [-0.39, 0.29) is 28.7 Å². The number of carbonyl (C=O) groups excluding carboxylic acids is 2. The highest BCUT2D eigenvalue weighted by Gasteiger charge is 2.40.